The van der Waals surface area contributed by atoms with Crippen molar-refractivity contribution in [2.24, 2.45) is 17.8 Å². The summed E-state index contributed by atoms with van der Waals surface area (Å²) in [6.07, 6.45) is 7.12. The van der Waals surface area contributed by atoms with E-state index in [2.05, 4.69) is 27.3 Å². The van der Waals surface area contributed by atoms with Crippen LogP contribution in [0.15, 0.2) is 30.3 Å². The first-order valence-electron chi connectivity index (χ1n) is 10.8. The Bertz CT molecular complexity index is 935. The minimum absolute atomic E-state index is 0.0605. The van der Waals surface area contributed by atoms with Crippen molar-refractivity contribution in [3.05, 3.63) is 41.0 Å². The van der Waals surface area contributed by atoms with Crippen molar-refractivity contribution in [1.82, 2.24) is 15.2 Å². The number of aromatic nitrogens is 1. The maximum Gasteiger partial charge on any atom is 0.226 e. The molecule has 2 aromatic rings. The molecule has 1 amide bonds. The minimum Gasteiger partial charge on any atom is -0.329 e. The number of hydrogen-bond acceptors (Lipinski definition) is 3. The molecule has 1 saturated heterocycles. The predicted octanol–water partition coefficient (Wildman–Crippen LogP) is 4.33. The van der Waals surface area contributed by atoms with Crippen LogP contribution in [0.5, 0.6) is 0 Å². The van der Waals surface area contributed by atoms with E-state index in [9.17, 15) is 4.79 Å². The number of rotatable bonds is 4. The van der Waals surface area contributed by atoms with Crippen LogP contribution < -0.4 is 5.32 Å². The lowest BCUT2D eigenvalue weighted by Gasteiger charge is -2.48. The maximum atomic E-state index is 13.5. The molecule has 3 atom stereocenters. The number of nitrogens with zero attached hydrogens (tertiary/aromatic N) is 2. The molecule has 5 heteroatoms. The number of fused-ring (bicyclic) bond motifs is 1. The molecule has 1 N–H and O–H groups in total. The molecule has 1 aliphatic heterocycles. The topological polar surface area (TPSA) is 45.2 Å². The molecule has 28 heavy (non-hydrogen) atoms. The third-order valence-electron chi connectivity index (χ3n) is 7.07. The second-order valence-electron chi connectivity index (χ2n) is 9.19. The van der Waals surface area contributed by atoms with Gasteiger partial charge in [0.15, 0.2) is 0 Å². The first-order valence-corrected chi connectivity index (χ1v) is 11.2. The molecule has 1 aromatic heterocycles. The molecule has 2 heterocycles. The molecule has 146 valence electrons. The maximum absolute atomic E-state index is 13.5. The van der Waals surface area contributed by atoms with E-state index in [1.807, 2.05) is 18.2 Å². The second kappa shape index (κ2) is 6.43. The van der Waals surface area contributed by atoms with E-state index in [0.717, 1.165) is 30.3 Å². The standard InChI is InChI=1S/C23H26ClN3O/c24-20-11-17(16-3-1-2-4-18(16)26-20)22-21(14-7-8-14)25-12-19(13-5-6-13)27(22)23(28)15-9-10-15/h1-4,11,13-15,19,21-22,25H,5-10,12H2. The van der Waals surface area contributed by atoms with Gasteiger partial charge in [0.2, 0.25) is 5.91 Å². The predicted molar refractivity (Wildman–Crippen MR) is 110 cm³/mol. The fraction of sp³-hybridized carbons (Fsp3) is 0.565. The minimum atomic E-state index is 0.0605. The number of carbonyl (C=O) groups excluding carboxylic acids is 1. The van der Waals surface area contributed by atoms with Crippen molar-refractivity contribution in [2.75, 3.05) is 6.54 Å². The first kappa shape index (κ1) is 17.2. The van der Waals surface area contributed by atoms with E-state index in [1.165, 1.54) is 31.2 Å². The summed E-state index contributed by atoms with van der Waals surface area (Å²) < 4.78 is 0. The zero-order valence-electron chi connectivity index (χ0n) is 16.0. The smallest absolute Gasteiger partial charge is 0.226 e. The van der Waals surface area contributed by atoms with Crippen molar-refractivity contribution in [1.29, 1.82) is 0 Å². The van der Waals surface area contributed by atoms with Crippen LogP contribution in [0.1, 0.15) is 50.1 Å². The monoisotopic (exact) mass is 395 g/mol. The number of carbonyl (C=O) groups is 1. The number of para-hydroxylation sites is 1. The second-order valence-corrected chi connectivity index (χ2v) is 9.58. The van der Waals surface area contributed by atoms with E-state index in [0.29, 0.717) is 35.0 Å². The number of hydrogen-bond donors (Lipinski definition) is 1. The highest BCUT2D eigenvalue weighted by Crippen LogP contribution is 2.49. The van der Waals surface area contributed by atoms with Crippen LogP contribution in [0.2, 0.25) is 5.15 Å². The Morgan fingerprint density at radius 3 is 2.54 bits per heavy atom. The number of halogens is 1. The van der Waals surface area contributed by atoms with Gasteiger partial charge in [-0.1, -0.05) is 29.8 Å². The number of amides is 1. The molecule has 0 spiro atoms. The molecule has 4 fully saturated rings. The van der Waals surface area contributed by atoms with Crippen molar-refractivity contribution < 1.29 is 4.79 Å². The highest BCUT2D eigenvalue weighted by Gasteiger charge is 2.52. The number of nitrogens with one attached hydrogen (secondary N) is 1. The molecule has 3 saturated carbocycles. The summed E-state index contributed by atoms with van der Waals surface area (Å²) in [5.74, 6) is 1.93. The van der Waals surface area contributed by atoms with Crippen LogP contribution in [0, 0.1) is 17.8 Å². The van der Waals surface area contributed by atoms with Crippen LogP contribution >= 0.6 is 11.6 Å². The van der Waals surface area contributed by atoms with Crippen molar-refractivity contribution >= 4 is 28.4 Å². The summed E-state index contributed by atoms with van der Waals surface area (Å²) in [7, 11) is 0. The Kier molecular flexibility index (Phi) is 3.96. The van der Waals surface area contributed by atoms with Gasteiger partial charge in [0.1, 0.15) is 5.15 Å². The van der Waals surface area contributed by atoms with Gasteiger partial charge in [-0.3, -0.25) is 4.79 Å². The summed E-state index contributed by atoms with van der Waals surface area (Å²) in [6.45, 7) is 0.942. The molecule has 3 aliphatic carbocycles. The Balaban J connectivity index is 1.52. The van der Waals surface area contributed by atoms with E-state index >= 15 is 0 Å². The molecular formula is C23H26ClN3O. The van der Waals surface area contributed by atoms with Crippen LogP contribution in [0.4, 0.5) is 0 Å². The first-order chi connectivity index (χ1) is 13.7. The molecule has 1 aromatic carbocycles. The molecule has 4 aliphatic rings. The Hall–Kier alpha value is -1.65. The summed E-state index contributed by atoms with van der Waals surface area (Å²) in [6, 6.07) is 11.0. The average Bonchev–Trinajstić information content (AvgIpc) is 3.58. The Labute approximate surface area is 170 Å². The SMILES string of the molecule is O=C(C1CC1)N1C(C2CC2)CNC(C2CC2)C1c1cc(Cl)nc2ccccc12. The number of pyridine rings is 1. The summed E-state index contributed by atoms with van der Waals surface area (Å²) in [5, 5.41) is 5.53. The van der Waals surface area contributed by atoms with Gasteiger partial charge in [-0.25, -0.2) is 4.98 Å². The van der Waals surface area contributed by atoms with Crippen LogP contribution in [-0.4, -0.2) is 34.4 Å². The van der Waals surface area contributed by atoms with Crippen LogP contribution in [0.25, 0.3) is 10.9 Å². The van der Waals surface area contributed by atoms with Gasteiger partial charge >= 0.3 is 0 Å². The quantitative estimate of drug-likeness (QED) is 0.784. The normalized spacial score (nSPS) is 30.6. The molecular weight excluding hydrogens is 370 g/mol. The van der Waals surface area contributed by atoms with Gasteiger partial charge in [0.05, 0.1) is 11.6 Å². The molecule has 0 bridgehead atoms. The van der Waals surface area contributed by atoms with Gasteiger partial charge in [0, 0.05) is 29.9 Å². The third-order valence-corrected chi connectivity index (χ3v) is 7.27. The lowest BCUT2D eigenvalue weighted by atomic mass is 9.86. The van der Waals surface area contributed by atoms with Crippen molar-refractivity contribution in [2.45, 2.75) is 56.7 Å². The van der Waals surface area contributed by atoms with Crippen LogP contribution in [0.3, 0.4) is 0 Å². The van der Waals surface area contributed by atoms with Crippen molar-refractivity contribution in [3.63, 3.8) is 0 Å². The van der Waals surface area contributed by atoms with Gasteiger partial charge in [-0.15, -0.1) is 0 Å². The van der Waals surface area contributed by atoms with Crippen LogP contribution in [-0.2, 0) is 4.79 Å². The lowest BCUT2D eigenvalue weighted by molar-refractivity contribution is -0.141. The molecule has 4 nitrogen and oxygen atoms in total. The largest absolute Gasteiger partial charge is 0.329 e. The van der Waals surface area contributed by atoms with E-state index in [1.54, 1.807) is 0 Å². The zero-order valence-corrected chi connectivity index (χ0v) is 16.7. The highest BCUT2D eigenvalue weighted by molar-refractivity contribution is 6.30. The van der Waals surface area contributed by atoms with Gasteiger partial charge in [-0.05, 0) is 68.1 Å². The van der Waals surface area contributed by atoms with E-state index in [-0.39, 0.29) is 12.0 Å². The van der Waals surface area contributed by atoms with E-state index in [4.69, 9.17) is 11.6 Å². The zero-order chi connectivity index (χ0) is 18.8. The highest BCUT2D eigenvalue weighted by atomic mass is 35.5. The molecule has 0 radical (unpaired) electrons. The third kappa shape index (κ3) is 2.93. The van der Waals surface area contributed by atoms with Gasteiger partial charge < -0.3 is 10.2 Å². The van der Waals surface area contributed by atoms with E-state index < -0.39 is 0 Å². The fourth-order valence-electron chi connectivity index (χ4n) is 5.20. The summed E-state index contributed by atoms with van der Waals surface area (Å²) in [4.78, 5) is 20.4. The summed E-state index contributed by atoms with van der Waals surface area (Å²) in [5.41, 5.74) is 2.10. The molecule has 3 unspecified atom stereocenters. The lowest BCUT2D eigenvalue weighted by Crippen LogP contribution is -2.61. The number of benzene rings is 1. The average molecular weight is 396 g/mol. The van der Waals surface area contributed by atoms with Crippen molar-refractivity contribution in [3.8, 4) is 0 Å². The molecule has 6 rings (SSSR count). The Morgan fingerprint density at radius 1 is 1.07 bits per heavy atom. The Morgan fingerprint density at radius 2 is 1.82 bits per heavy atom. The van der Waals surface area contributed by atoms with Gasteiger partial charge in [0.25, 0.3) is 0 Å². The fourth-order valence-corrected chi connectivity index (χ4v) is 5.41. The summed E-state index contributed by atoms with van der Waals surface area (Å²) >= 11 is 6.46. The van der Waals surface area contributed by atoms with Gasteiger partial charge in [-0.2, -0.15) is 0 Å². The number of piperazine rings is 1.